The molecular formula is C25H26N4O3. The summed E-state index contributed by atoms with van der Waals surface area (Å²) < 4.78 is 5.83. The largest absolute Gasteiger partial charge is 0.457 e. The minimum atomic E-state index is -0.426. The van der Waals surface area contributed by atoms with E-state index in [1.807, 2.05) is 66.7 Å². The van der Waals surface area contributed by atoms with Crippen LogP contribution in [0.15, 0.2) is 78.9 Å². The summed E-state index contributed by atoms with van der Waals surface area (Å²) in [5.74, 6) is 0.939. The Labute approximate surface area is 187 Å². The number of hydrogen-bond acceptors (Lipinski definition) is 5. The second-order valence-electron chi connectivity index (χ2n) is 7.67. The number of hydrogen-bond donors (Lipinski definition) is 2. The van der Waals surface area contributed by atoms with Crippen molar-refractivity contribution in [3.63, 3.8) is 0 Å². The number of nitrogens with two attached hydrogens (primary N) is 1. The molecule has 0 atom stereocenters. The van der Waals surface area contributed by atoms with Crippen LogP contribution in [-0.2, 0) is 4.79 Å². The molecule has 0 spiro atoms. The first-order valence-corrected chi connectivity index (χ1v) is 10.6. The maximum Gasteiger partial charge on any atom is 0.248 e. The smallest absolute Gasteiger partial charge is 0.248 e. The Morgan fingerprint density at radius 3 is 2.22 bits per heavy atom. The normalized spacial score (nSPS) is 14.1. The number of para-hydroxylation sites is 1. The standard InChI is InChI=1S/C25H26N4O3/c26-25(31)19-9-11-21(12-10-19)29-15-13-28(14-16-29)18-24(30)27-20-5-4-8-23(17-20)32-22-6-2-1-3-7-22/h1-12,17H,13-16,18H2,(H2,26,31)(H,27,30). The van der Waals surface area contributed by atoms with Gasteiger partial charge in [0.1, 0.15) is 11.5 Å². The molecule has 0 bridgehead atoms. The highest BCUT2D eigenvalue weighted by Crippen LogP contribution is 2.24. The summed E-state index contributed by atoms with van der Waals surface area (Å²) in [5, 5.41) is 2.96. The molecule has 1 fully saturated rings. The van der Waals surface area contributed by atoms with Crippen molar-refractivity contribution in [3.8, 4) is 11.5 Å². The molecule has 0 saturated carbocycles. The molecule has 3 aromatic carbocycles. The Morgan fingerprint density at radius 2 is 1.53 bits per heavy atom. The van der Waals surface area contributed by atoms with Crippen LogP contribution in [0.1, 0.15) is 10.4 Å². The van der Waals surface area contributed by atoms with Crippen LogP contribution in [0, 0.1) is 0 Å². The zero-order chi connectivity index (χ0) is 22.3. The summed E-state index contributed by atoms with van der Waals surface area (Å²) in [5.41, 5.74) is 7.56. The van der Waals surface area contributed by atoms with Gasteiger partial charge in [0.05, 0.1) is 6.54 Å². The van der Waals surface area contributed by atoms with Crippen LogP contribution < -0.4 is 20.7 Å². The summed E-state index contributed by atoms with van der Waals surface area (Å²) >= 11 is 0. The van der Waals surface area contributed by atoms with Crippen LogP contribution in [-0.4, -0.2) is 49.4 Å². The number of anilines is 2. The summed E-state index contributed by atoms with van der Waals surface area (Å²) in [6.45, 7) is 3.51. The van der Waals surface area contributed by atoms with Gasteiger partial charge in [0.15, 0.2) is 0 Å². The van der Waals surface area contributed by atoms with Gasteiger partial charge >= 0.3 is 0 Å². The predicted octanol–water partition coefficient (Wildman–Crippen LogP) is 3.34. The number of nitrogens with zero attached hydrogens (tertiary/aromatic N) is 2. The summed E-state index contributed by atoms with van der Waals surface area (Å²) in [7, 11) is 0. The van der Waals surface area contributed by atoms with Crippen LogP contribution in [0.3, 0.4) is 0 Å². The molecule has 0 aromatic heterocycles. The highest BCUT2D eigenvalue weighted by atomic mass is 16.5. The first kappa shape index (κ1) is 21.4. The Bertz CT molecular complexity index is 1060. The van der Waals surface area contributed by atoms with Crippen molar-refractivity contribution in [2.24, 2.45) is 5.73 Å². The van der Waals surface area contributed by atoms with Gasteiger partial charge in [-0.3, -0.25) is 14.5 Å². The first-order chi connectivity index (χ1) is 15.6. The molecule has 7 nitrogen and oxygen atoms in total. The van der Waals surface area contributed by atoms with Crippen LogP contribution in [0.5, 0.6) is 11.5 Å². The van der Waals surface area contributed by atoms with Crippen molar-refractivity contribution < 1.29 is 14.3 Å². The molecule has 164 valence electrons. The molecule has 0 aliphatic carbocycles. The molecule has 0 radical (unpaired) electrons. The lowest BCUT2D eigenvalue weighted by Crippen LogP contribution is -2.48. The summed E-state index contributed by atoms with van der Waals surface area (Å²) in [6, 6.07) is 24.2. The Balaban J connectivity index is 1.26. The van der Waals surface area contributed by atoms with Gasteiger partial charge < -0.3 is 20.7 Å². The van der Waals surface area contributed by atoms with Gasteiger partial charge in [-0.15, -0.1) is 0 Å². The molecular weight excluding hydrogens is 404 g/mol. The second kappa shape index (κ2) is 9.98. The number of amides is 2. The van der Waals surface area contributed by atoms with Crippen molar-refractivity contribution in [3.05, 3.63) is 84.4 Å². The topological polar surface area (TPSA) is 87.9 Å². The first-order valence-electron chi connectivity index (χ1n) is 10.6. The van der Waals surface area contributed by atoms with E-state index in [0.29, 0.717) is 23.5 Å². The van der Waals surface area contributed by atoms with Gasteiger partial charge in [0.2, 0.25) is 11.8 Å². The Kier molecular flexibility index (Phi) is 6.67. The number of benzene rings is 3. The van der Waals surface area contributed by atoms with Crippen molar-refractivity contribution in [2.75, 3.05) is 42.9 Å². The van der Waals surface area contributed by atoms with E-state index in [0.717, 1.165) is 37.6 Å². The molecule has 7 heteroatoms. The van der Waals surface area contributed by atoms with Crippen molar-refractivity contribution in [1.82, 2.24) is 4.90 Å². The van der Waals surface area contributed by atoms with Crippen LogP contribution in [0.2, 0.25) is 0 Å². The molecule has 0 unspecified atom stereocenters. The third-order valence-electron chi connectivity index (χ3n) is 5.35. The lowest BCUT2D eigenvalue weighted by molar-refractivity contribution is -0.117. The van der Waals surface area contributed by atoms with E-state index in [4.69, 9.17) is 10.5 Å². The van der Waals surface area contributed by atoms with E-state index >= 15 is 0 Å². The number of primary amides is 1. The maximum atomic E-state index is 12.6. The van der Waals surface area contributed by atoms with Crippen molar-refractivity contribution in [1.29, 1.82) is 0 Å². The lowest BCUT2D eigenvalue weighted by Gasteiger charge is -2.35. The summed E-state index contributed by atoms with van der Waals surface area (Å²) in [6.07, 6.45) is 0. The van der Waals surface area contributed by atoms with Gasteiger partial charge in [0.25, 0.3) is 0 Å². The minimum Gasteiger partial charge on any atom is -0.457 e. The molecule has 3 aromatic rings. The molecule has 4 rings (SSSR count). The number of piperazine rings is 1. The van der Waals surface area contributed by atoms with Crippen molar-refractivity contribution in [2.45, 2.75) is 0 Å². The number of nitrogens with one attached hydrogen (secondary N) is 1. The molecule has 32 heavy (non-hydrogen) atoms. The quantitative estimate of drug-likeness (QED) is 0.600. The average Bonchev–Trinajstić information content (AvgIpc) is 2.80. The minimum absolute atomic E-state index is 0.0545. The van der Waals surface area contributed by atoms with Gasteiger partial charge in [-0.05, 0) is 48.5 Å². The van der Waals surface area contributed by atoms with Crippen LogP contribution >= 0.6 is 0 Å². The second-order valence-corrected chi connectivity index (χ2v) is 7.67. The number of carbonyl (C=O) groups excluding carboxylic acids is 2. The number of rotatable bonds is 7. The molecule has 2 amide bonds. The monoisotopic (exact) mass is 430 g/mol. The SMILES string of the molecule is NC(=O)c1ccc(N2CCN(CC(=O)Nc3cccc(Oc4ccccc4)c3)CC2)cc1. The zero-order valence-corrected chi connectivity index (χ0v) is 17.7. The van der Waals surface area contributed by atoms with Gasteiger partial charge in [-0.25, -0.2) is 0 Å². The van der Waals surface area contributed by atoms with Crippen LogP contribution in [0.4, 0.5) is 11.4 Å². The number of ether oxygens (including phenoxy) is 1. The number of carbonyl (C=O) groups is 2. The Morgan fingerprint density at radius 1 is 0.844 bits per heavy atom. The third-order valence-corrected chi connectivity index (χ3v) is 5.35. The average molecular weight is 431 g/mol. The molecule has 1 aliphatic heterocycles. The third kappa shape index (κ3) is 5.65. The van der Waals surface area contributed by atoms with E-state index < -0.39 is 5.91 Å². The fourth-order valence-corrected chi connectivity index (χ4v) is 3.67. The van der Waals surface area contributed by atoms with Gasteiger partial charge in [0, 0.05) is 49.2 Å². The molecule has 1 heterocycles. The lowest BCUT2D eigenvalue weighted by atomic mass is 10.1. The van der Waals surface area contributed by atoms with E-state index in [1.165, 1.54) is 0 Å². The van der Waals surface area contributed by atoms with E-state index in [1.54, 1.807) is 12.1 Å². The van der Waals surface area contributed by atoms with Gasteiger partial charge in [-0.2, -0.15) is 0 Å². The van der Waals surface area contributed by atoms with E-state index in [-0.39, 0.29) is 5.91 Å². The highest BCUT2D eigenvalue weighted by Gasteiger charge is 2.19. The van der Waals surface area contributed by atoms with Crippen molar-refractivity contribution >= 4 is 23.2 Å². The highest BCUT2D eigenvalue weighted by molar-refractivity contribution is 5.93. The Hall–Kier alpha value is -3.84. The van der Waals surface area contributed by atoms with Gasteiger partial charge in [-0.1, -0.05) is 24.3 Å². The zero-order valence-electron chi connectivity index (χ0n) is 17.7. The maximum absolute atomic E-state index is 12.6. The molecule has 3 N–H and O–H groups in total. The fraction of sp³-hybridized carbons (Fsp3) is 0.200. The fourth-order valence-electron chi connectivity index (χ4n) is 3.67. The molecule has 1 aliphatic rings. The van der Waals surface area contributed by atoms with Crippen LogP contribution in [0.25, 0.3) is 0 Å². The predicted molar refractivity (Wildman–Crippen MR) is 125 cm³/mol. The summed E-state index contributed by atoms with van der Waals surface area (Å²) in [4.78, 5) is 28.1. The van der Waals surface area contributed by atoms with E-state index in [2.05, 4.69) is 15.1 Å². The van der Waals surface area contributed by atoms with E-state index in [9.17, 15) is 9.59 Å². The molecule has 1 saturated heterocycles.